The number of amides is 1. The summed E-state index contributed by atoms with van der Waals surface area (Å²) in [4.78, 5) is 17.5. The van der Waals surface area contributed by atoms with Crippen LogP contribution in [0.4, 0.5) is 5.69 Å². The highest BCUT2D eigenvalue weighted by atomic mass is 32.2. The van der Waals surface area contributed by atoms with Gasteiger partial charge < -0.3 is 14.6 Å². The van der Waals surface area contributed by atoms with Gasteiger partial charge in [0.05, 0.1) is 7.11 Å². The molecule has 1 amide bonds. The molecule has 204 valence electrons. The maximum atomic E-state index is 13.4. The van der Waals surface area contributed by atoms with Crippen LogP contribution in [-0.2, 0) is 21.2 Å². The Morgan fingerprint density at radius 1 is 1.08 bits per heavy atom. The first-order valence-corrected chi connectivity index (χ1v) is 14.4. The summed E-state index contributed by atoms with van der Waals surface area (Å²) in [5.41, 5.74) is 2.64. The molecular formula is C28H36N4O5S. The topological polar surface area (TPSA) is 115 Å². The summed E-state index contributed by atoms with van der Waals surface area (Å²) in [6.07, 6.45) is 1.44. The van der Waals surface area contributed by atoms with Crippen molar-refractivity contribution in [2.45, 2.75) is 63.7 Å². The number of benzene rings is 2. The molecule has 1 aromatic heterocycles. The van der Waals surface area contributed by atoms with Crippen molar-refractivity contribution in [1.82, 2.24) is 14.4 Å². The van der Waals surface area contributed by atoms with Crippen LogP contribution in [0.15, 0.2) is 51.9 Å². The number of carbonyl (C=O) groups excluding carboxylic acids is 1. The SMILES string of the molecule is COc1ccc(C(C)C)cc1S(=O)(=O)N1CCC(C(=O)Nc2ccc(Cc3noc(C(C)C)n3)cc2)CC1. The maximum Gasteiger partial charge on any atom is 0.246 e. The predicted molar refractivity (Wildman–Crippen MR) is 145 cm³/mol. The van der Waals surface area contributed by atoms with Crippen LogP contribution in [0, 0.1) is 5.92 Å². The van der Waals surface area contributed by atoms with Gasteiger partial charge in [0.25, 0.3) is 0 Å². The van der Waals surface area contributed by atoms with Gasteiger partial charge >= 0.3 is 0 Å². The molecule has 2 aromatic carbocycles. The number of aromatic nitrogens is 2. The molecule has 0 unspecified atom stereocenters. The number of hydrogen-bond donors (Lipinski definition) is 1. The zero-order valence-electron chi connectivity index (χ0n) is 22.6. The Balaban J connectivity index is 1.34. The van der Waals surface area contributed by atoms with Gasteiger partial charge in [-0.25, -0.2) is 8.42 Å². The first-order chi connectivity index (χ1) is 18.1. The van der Waals surface area contributed by atoms with Crippen molar-refractivity contribution in [3.05, 3.63) is 65.3 Å². The van der Waals surface area contributed by atoms with Gasteiger partial charge in [-0.1, -0.05) is 51.1 Å². The lowest BCUT2D eigenvalue weighted by Gasteiger charge is -2.31. The van der Waals surface area contributed by atoms with Crippen LogP contribution in [0.1, 0.15) is 75.2 Å². The average Bonchev–Trinajstić information content (AvgIpc) is 3.38. The van der Waals surface area contributed by atoms with E-state index in [1.165, 1.54) is 11.4 Å². The summed E-state index contributed by atoms with van der Waals surface area (Å²) in [6.45, 7) is 8.59. The minimum Gasteiger partial charge on any atom is -0.495 e. The van der Waals surface area contributed by atoms with E-state index in [-0.39, 0.29) is 41.6 Å². The number of nitrogens with zero attached hydrogens (tertiary/aromatic N) is 3. The Hall–Kier alpha value is -3.24. The normalized spacial score (nSPS) is 15.2. The van der Waals surface area contributed by atoms with Crippen molar-refractivity contribution in [1.29, 1.82) is 0 Å². The molecule has 3 aromatic rings. The summed E-state index contributed by atoms with van der Waals surface area (Å²) in [5, 5.41) is 6.99. The summed E-state index contributed by atoms with van der Waals surface area (Å²) in [5.74, 6) is 1.58. The summed E-state index contributed by atoms with van der Waals surface area (Å²) in [6, 6.07) is 12.8. The highest BCUT2D eigenvalue weighted by Crippen LogP contribution is 2.32. The molecule has 1 aliphatic rings. The minimum absolute atomic E-state index is 0.103. The molecule has 0 spiro atoms. The summed E-state index contributed by atoms with van der Waals surface area (Å²) in [7, 11) is -2.27. The number of sulfonamides is 1. The molecule has 1 aliphatic heterocycles. The number of hydrogen-bond acceptors (Lipinski definition) is 7. The zero-order valence-corrected chi connectivity index (χ0v) is 23.4. The molecule has 0 atom stereocenters. The van der Waals surface area contributed by atoms with Crippen molar-refractivity contribution in [3.8, 4) is 5.75 Å². The minimum atomic E-state index is -3.74. The molecule has 9 nitrogen and oxygen atoms in total. The number of carbonyl (C=O) groups is 1. The predicted octanol–water partition coefficient (Wildman–Crippen LogP) is 4.96. The Bertz CT molecular complexity index is 1360. The monoisotopic (exact) mass is 540 g/mol. The first-order valence-electron chi connectivity index (χ1n) is 13.0. The quantitative estimate of drug-likeness (QED) is 0.408. The van der Waals surface area contributed by atoms with Crippen LogP contribution in [0.3, 0.4) is 0 Å². The lowest BCUT2D eigenvalue weighted by molar-refractivity contribution is -0.120. The third kappa shape index (κ3) is 6.24. The zero-order chi connectivity index (χ0) is 27.4. The molecule has 0 bridgehead atoms. The van der Waals surface area contributed by atoms with E-state index in [9.17, 15) is 13.2 Å². The van der Waals surface area contributed by atoms with Crippen LogP contribution in [0.2, 0.25) is 0 Å². The second-order valence-electron chi connectivity index (χ2n) is 10.3. The summed E-state index contributed by atoms with van der Waals surface area (Å²) < 4.78 is 38.9. The van der Waals surface area contributed by atoms with Gasteiger partial charge in [0, 0.05) is 37.0 Å². The van der Waals surface area contributed by atoms with Crippen LogP contribution in [-0.4, -0.2) is 49.0 Å². The maximum absolute atomic E-state index is 13.4. The van der Waals surface area contributed by atoms with Gasteiger partial charge in [-0.2, -0.15) is 9.29 Å². The molecule has 10 heteroatoms. The third-order valence-electron chi connectivity index (χ3n) is 6.86. The van der Waals surface area contributed by atoms with E-state index in [1.807, 2.05) is 58.0 Å². The first kappa shape index (κ1) is 27.8. The van der Waals surface area contributed by atoms with E-state index in [0.29, 0.717) is 42.4 Å². The number of ether oxygens (including phenoxy) is 1. The lowest BCUT2D eigenvalue weighted by atomic mass is 9.97. The molecule has 1 saturated heterocycles. The van der Waals surface area contributed by atoms with Crippen molar-refractivity contribution in [2.24, 2.45) is 5.92 Å². The fraction of sp³-hybridized carbons (Fsp3) is 0.464. The molecule has 4 rings (SSSR count). The molecule has 0 radical (unpaired) electrons. The van der Waals surface area contributed by atoms with Crippen LogP contribution in [0.5, 0.6) is 5.75 Å². The van der Waals surface area contributed by atoms with E-state index in [0.717, 1.165) is 11.1 Å². The van der Waals surface area contributed by atoms with E-state index in [2.05, 4.69) is 15.5 Å². The van der Waals surface area contributed by atoms with Crippen LogP contribution < -0.4 is 10.1 Å². The number of nitrogens with one attached hydrogen (secondary N) is 1. The van der Waals surface area contributed by atoms with Gasteiger partial charge in [-0.15, -0.1) is 0 Å². The van der Waals surface area contributed by atoms with Gasteiger partial charge in [0.2, 0.25) is 21.8 Å². The van der Waals surface area contributed by atoms with Crippen LogP contribution >= 0.6 is 0 Å². The van der Waals surface area contributed by atoms with Gasteiger partial charge in [0.1, 0.15) is 10.6 Å². The number of methoxy groups -OCH3 is 1. The van der Waals surface area contributed by atoms with E-state index >= 15 is 0 Å². The third-order valence-corrected chi connectivity index (χ3v) is 8.78. The largest absolute Gasteiger partial charge is 0.495 e. The Morgan fingerprint density at radius 2 is 1.76 bits per heavy atom. The van der Waals surface area contributed by atoms with Crippen molar-refractivity contribution in [3.63, 3.8) is 0 Å². The lowest BCUT2D eigenvalue weighted by Crippen LogP contribution is -2.41. The Labute approximate surface area is 224 Å². The van der Waals surface area contributed by atoms with Crippen molar-refractivity contribution < 1.29 is 22.5 Å². The highest BCUT2D eigenvalue weighted by molar-refractivity contribution is 7.89. The summed E-state index contributed by atoms with van der Waals surface area (Å²) >= 11 is 0. The van der Waals surface area contributed by atoms with E-state index < -0.39 is 10.0 Å². The molecule has 0 aliphatic carbocycles. The second-order valence-corrected chi connectivity index (χ2v) is 12.2. The molecule has 2 heterocycles. The van der Waals surface area contributed by atoms with Crippen LogP contribution in [0.25, 0.3) is 0 Å². The Kier molecular flexibility index (Phi) is 8.52. The highest BCUT2D eigenvalue weighted by Gasteiger charge is 2.34. The molecule has 0 saturated carbocycles. The van der Waals surface area contributed by atoms with Crippen molar-refractivity contribution >= 4 is 21.6 Å². The Morgan fingerprint density at radius 3 is 2.34 bits per heavy atom. The second kappa shape index (κ2) is 11.7. The number of piperidine rings is 1. The van der Waals surface area contributed by atoms with Gasteiger partial charge in [-0.05, 0) is 54.2 Å². The molecule has 38 heavy (non-hydrogen) atoms. The molecule has 1 fully saturated rings. The molecular weight excluding hydrogens is 504 g/mol. The van der Waals surface area contributed by atoms with E-state index in [1.54, 1.807) is 12.1 Å². The van der Waals surface area contributed by atoms with Gasteiger partial charge in [-0.3, -0.25) is 4.79 Å². The van der Waals surface area contributed by atoms with E-state index in [4.69, 9.17) is 9.26 Å². The number of rotatable bonds is 9. The fourth-order valence-electron chi connectivity index (χ4n) is 4.46. The van der Waals surface area contributed by atoms with Gasteiger partial charge in [0.15, 0.2) is 5.82 Å². The molecule has 1 N–H and O–H groups in total. The fourth-order valence-corrected chi connectivity index (χ4v) is 6.12. The smallest absolute Gasteiger partial charge is 0.246 e. The van der Waals surface area contributed by atoms with Crippen molar-refractivity contribution in [2.75, 3.05) is 25.5 Å². The number of anilines is 1. The average molecular weight is 541 g/mol. The standard InChI is InChI=1S/C28H36N4O5S/c1-18(2)22-8-11-24(36-5)25(17-22)38(34,35)32-14-12-21(13-15-32)27(33)29-23-9-6-20(7-10-23)16-26-30-28(19(3)4)37-31-26/h6-11,17-19,21H,12-16H2,1-5H3,(H,29,33).